The Hall–Kier alpha value is -1.95. The van der Waals surface area contributed by atoms with Gasteiger partial charge in [-0.1, -0.05) is 6.07 Å². The minimum absolute atomic E-state index is 0.0496. The summed E-state index contributed by atoms with van der Waals surface area (Å²) in [5, 5.41) is 21.4. The molecule has 0 aliphatic heterocycles. The van der Waals surface area contributed by atoms with Crippen LogP contribution >= 0.6 is 11.3 Å². The second-order valence-electron chi connectivity index (χ2n) is 3.94. The summed E-state index contributed by atoms with van der Waals surface area (Å²) in [5.74, 6) is -0.482. The molecule has 0 aromatic carbocycles. The Morgan fingerprint density at radius 1 is 1.44 bits per heavy atom. The number of thiophene rings is 1. The smallest absolute Gasteiger partial charge is 0.356 e. The highest BCUT2D eigenvalue weighted by atomic mass is 32.1. The molecule has 0 saturated carbocycles. The zero-order valence-corrected chi connectivity index (χ0v) is 10.6. The first-order valence-electron chi connectivity index (χ1n) is 5.51. The summed E-state index contributed by atoms with van der Waals surface area (Å²) in [5.41, 5.74) is -0.0496. The molecule has 0 fully saturated rings. The van der Waals surface area contributed by atoms with Crippen molar-refractivity contribution in [3.63, 3.8) is 0 Å². The van der Waals surface area contributed by atoms with Crippen molar-refractivity contribution in [3.8, 4) is 0 Å². The molecule has 0 saturated heterocycles. The number of nitrogens with zero attached hydrogens (tertiary/aromatic N) is 2. The summed E-state index contributed by atoms with van der Waals surface area (Å²) in [4.78, 5) is 11.9. The molecular weight excluding hydrogens is 250 g/mol. The number of carboxylic acids is 1. The third-order valence-electron chi connectivity index (χ3n) is 2.37. The Balaban J connectivity index is 1.94. The molecule has 0 spiro atoms. The Bertz CT molecular complexity index is 511. The van der Waals surface area contributed by atoms with Crippen molar-refractivity contribution in [2.24, 2.45) is 0 Å². The third kappa shape index (κ3) is 3.27. The second-order valence-corrected chi connectivity index (χ2v) is 4.97. The van der Waals surface area contributed by atoms with Gasteiger partial charge in [-0.05, 0) is 30.5 Å². The summed E-state index contributed by atoms with van der Waals surface area (Å²) < 4.78 is 0. The summed E-state index contributed by atoms with van der Waals surface area (Å²) in [7, 11) is 0. The van der Waals surface area contributed by atoms with Gasteiger partial charge in [-0.3, -0.25) is 0 Å². The number of hydrogen-bond donors (Lipinski definition) is 2. The van der Waals surface area contributed by atoms with Crippen LogP contribution in [0, 0.1) is 0 Å². The molecule has 0 aliphatic rings. The standard InChI is InChI=1S/C12H13N3O2S/c1-8(7-9-3-2-6-18-9)13-11-5-4-10(12(16)17)14-15-11/h2-6,8H,7H2,1H3,(H,13,15)(H,16,17). The van der Waals surface area contributed by atoms with Crippen LogP contribution in [-0.2, 0) is 6.42 Å². The van der Waals surface area contributed by atoms with Crippen molar-refractivity contribution in [1.82, 2.24) is 10.2 Å². The maximum Gasteiger partial charge on any atom is 0.356 e. The fourth-order valence-corrected chi connectivity index (χ4v) is 2.39. The van der Waals surface area contributed by atoms with Crippen LogP contribution in [0.15, 0.2) is 29.6 Å². The molecule has 0 bridgehead atoms. The van der Waals surface area contributed by atoms with Gasteiger partial charge < -0.3 is 10.4 Å². The summed E-state index contributed by atoms with van der Waals surface area (Å²) in [6.45, 7) is 2.05. The van der Waals surface area contributed by atoms with Crippen molar-refractivity contribution in [2.45, 2.75) is 19.4 Å². The van der Waals surface area contributed by atoms with Crippen LogP contribution in [0.25, 0.3) is 0 Å². The zero-order chi connectivity index (χ0) is 13.0. The molecule has 5 nitrogen and oxygen atoms in total. The van der Waals surface area contributed by atoms with Gasteiger partial charge in [-0.25, -0.2) is 4.79 Å². The van der Waals surface area contributed by atoms with Crippen LogP contribution in [0.1, 0.15) is 22.3 Å². The summed E-state index contributed by atoms with van der Waals surface area (Å²) >= 11 is 1.71. The van der Waals surface area contributed by atoms with E-state index in [0.29, 0.717) is 5.82 Å². The van der Waals surface area contributed by atoms with Crippen LogP contribution in [-0.4, -0.2) is 27.3 Å². The van der Waals surface area contributed by atoms with Gasteiger partial charge >= 0.3 is 5.97 Å². The highest BCUT2D eigenvalue weighted by molar-refractivity contribution is 7.09. The number of aromatic nitrogens is 2. The quantitative estimate of drug-likeness (QED) is 0.865. The lowest BCUT2D eigenvalue weighted by Crippen LogP contribution is -2.19. The van der Waals surface area contributed by atoms with Gasteiger partial charge in [0.2, 0.25) is 0 Å². The highest BCUT2D eigenvalue weighted by Crippen LogP contribution is 2.13. The molecule has 0 radical (unpaired) electrons. The number of nitrogens with one attached hydrogen (secondary N) is 1. The van der Waals surface area contributed by atoms with E-state index in [-0.39, 0.29) is 11.7 Å². The fraction of sp³-hybridized carbons (Fsp3) is 0.250. The zero-order valence-electron chi connectivity index (χ0n) is 9.83. The van der Waals surface area contributed by atoms with E-state index in [2.05, 4.69) is 21.6 Å². The average molecular weight is 263 g/mol. The van der Waals surface area contributed by atoms with E-state index in [4.69, 9.17) is 5.11 Å². The molecule has 2 heterocycles. The first-order valence-corrected chi connectivity index (χ1v) is 6.39. The molecule has 94 valence electrons. The van der Waals surface area contributed by atoms with Crippen LogP contribution in [0.4, 0.5) is 5.82 Å². The molecular formula is C12H13N3O2S. The fourth-order valence-electron chi connectivity index (χ4n) is 1.56. The van der Waals surface area contributed by atoms with E-state index in [1.165, 1.54) is 10.9 Å². The van der Waals surface area contributed by atoms with Crippen molar-refractivity contribution in [2.75, 3.05) is 5.32 Å². The predicted octanol–water partition coefficient (Wildman–Crippen LogP) is 2.28. The third-order valence-corrected chi connectivity index (χ3v) is 3.26. The molecule has 6 heteroatoms. The lowest BCUT2D eigenvalue weighted by molar-refractivity contribution is 0.0689. The summed E-state index contributed by atoms with van der Waals surface area (Å²) in [6, 6.07) is 7.39. The van der Waals surface area contributed by atoms with E-state index in [9.17, 15) is 4.79 Å². The molecule has 1 unspecified atom stereocenters. The topological polar surface area (TPSA) is 75.1 Å². The first-order chi connectivity index (χ1) is 8.65. The minimum Gasteiger partial charge on any atom is -0.476 e. The summed E-state index contributed by atoms with van der Waals surface area (Å²) in [6.07, 6.45) is 0.903. The van der Waals surface area contributed by atoms with E-state index < -0.39 is 5.97 Å². The average Bonchev–Trinajstić information content (AvgIpc) is 2.82. The maximum absolute atomic E-state index is 10.6. The number of rotatable bonds is 5. The van der Waals surface area contributed by atoms with Gasteiger partial charge in [0.1, 0.15) is 5.82 Å². The molecule has 2 aromatic rings. The van der Waals surface area contributed by atoms with Crippen LogP contribution in [0.2, 0.25) is 0 Å². The maximum atomic E-state index is 10.6. The molecule has 2 rings (SSSR count). The van der Waals surface area contributed by atoms with Crippen LogP contribution < -0.4 is 5.32 Å². The van der Waals surface area contributed by atoms with Gasteiger partial charge in [0.05, 0.1) is 0 Å². The second kappa shape index (κ2) is 5.59. The molecule has 0 amide bonds. The van der Waals surface area contributed by atoms with E-state index in [0.717, 1.165) is 6.42 Å². The number of hydrogen-bond acceptors (Lipinski definition) is 5. The first kappa shape index (κ1) is 12.5. The lowest BCUT2D eigenvalue weighted by atomic mass is 10.2. The van der Waals surface area contributed by atoms with Gasteiger partial charge in [0, 0.05) is 17.3 Å². The van der Waals surface area contributed by atoms with E-state index in [1.54, 1.807) is 17.4 Å². The number of anilines is 1. The Labute approximate surface area is 109 Å². The van der Waals surface area contributed by atoms with Gasteiger partial charge in [-0.15, -0.1) is 21.5 Å². The Kier molecular flexibility index (Phi) is 3.88. The highest BCUT2D eigenvalue weighted by Gasteiger charge is 2.08. The molecule has 2 aromatic heterocycles. The van der Waals surface area contributed by atoms with Gasteiger partial charge in [0.25, 0.3) is 0 Å². The minimum atomic E-state index is -1.07. The van der Waals surface area contributed by atoms with E-state index >= 15 is 0 Å². The van der Waals surface area contributed by atoms with Crippen molar-refractivity contribution < 1.29 is 9.90 Å². The largest absolute Gasteiger partial charge is 0.476 e. The molecule has 2 N–H and O–H groups in total. The molecule has 0 aliphatic carbocycles. The van der Waals surface area contributed by atoms with Crippen molar-refractivity contribution >= 4 is 23.1 Å². The SMILES string of the molecule is CC(Cc1cccs1)Nc1ccc(C(=O)O)nn1. The number of carboxylic acid groups (broad SMARTS) is 1. The Morgan fingerprint density at radius 3 is 2.83 bits per heavy atom. The predicted molar refractivity (Wildman–Crippen MR) is 70.1 cm³/mol. The molecule has 18 heavy (non-hydrogen) atoms. The van der Waals surface area contributed by atoms with Gasteiger partial charge in [0.15, 0.2) is 5.69 Å². The lowest BCUT2D eigenvalue weighted by Gasteiger charge is -2.12. The Morgan fingerprint density at radius 2 is 2.28 bits per heavy atom. The number of aromatic carboxylic acids is 1. The normalized spacial score (nSPS) is 12.1. The molecule has 1 atom stereocenters. The van der Waals surface area contributed by atoms with E-state index in [1.807, 2.05) is 18.4 Å². The van der Waals surface area contributed by atoms with Crippen molar-refractivity contribution in [1.29, 1.82) is 0 Å². The van der Waals surface area contributed by atoms with Crippen LogP contribution in [0.3, 0.4) is 0 Å². The monoisotopic (exact) mass is 263 g/mol. The number of carbonyl (C=O) groups is 1. The van der Waals surface area contributed by atoms with Crippen LogP contribution in [0.5, 0.6) is 0 Å². The van der Waals surface area contributed by atoms with Gasteiger partial charge in [-0.2, -0.15) is 0 Å². The van der Waals surface area contributed by atoms with Crippen molar-refractivity contribution in [3.05, 3.63) is 40.2 Å².